The third-order valence-electron chi connectivity index (χ3n) is 4.09. The van der Waals surface area contributed by atoms with Gasteiger partial charge in [-0.15, -0.1) is 0 Å². The minimum atomic E-state index is -4.58. The monoisotopic (exact) mass is 365 g/mol. The second kappa shape index (κ2) is 7.27. The summed E-state index contributed by atoms with van der Waals surface area (Å²) in [7, 11) is 0. The molecule has 2 aromatic heterocycles. The number of amides is 1. The van der Waals surface area contributed by atoms with Gasteiger partial charge in [0.1, 0.15) is 5.82 Å². The van der Waals surface area contributed by atoms with Gasteiger partial charge in [0.15, 0.2) is 11.5 Å². The largest absolute Gasteiger partial charge is 0.433 e. The second-order valence-electron chi connectivity index (χ2n) is 6.15. The fourth-order valence-corrected chi connectivity index (χ4v) is 2.96. The molecule has 6 nitrogen and oxygen atoms in total. The zero-order valence-corrected chi connectivity index (χ0v) is 14.1. The minimum Gasteiger partial charge on any atom is -0.354 e. The molecule has 138 valence electrons. The van der Waals surface area contributed by atoms with Gasteiger partial charge in [0, 0.05) is 50.1 Å². The van der Waals surface area contributed by atoms with Crippen molar-refractivity contribution in [3.63, 3.8) is 0 Å². The summed E-state index contributed by atoms with van der Waals surface area (Å²) in [5.41, 5.74) is -0.529. The van der Waals surface area contributed by atoms with Crippen LogP contribution in [0.5, 0.6) is 0 Å². The van der Waals surface area contributed by atoms with Crippen LogP contribution in [-0.2, 0) is 11.0 Å². The van der Waals surface area contributed by atoms with Crippen LogP contribution in [0.1, 0.15) is 25.5 Å². The van der Waals surface area contributed by atoms with E-state index in [4.69, 9.17) is 0 Å². The van der Waals surface area contributed by atoms with E-state index in [1.165, 1.54) is 19.3 Å². The van der Waals surface area contributed by atoms with Crippen LogP contribution in [0.3, 0.4) is 0 Å². The van der Waals surface area contributed by atoms with Gasteiger partial charge in [0.25, 0.3) is 0 Å². The van der Waals surface area contributed by atoms with Crippen LogP contribution in [0, 0.1) is 0 Å². The predicted octanol–water partition coefficient (Wildman–Crippen LogP) is 2.66. The van der Waals surface area contributed by atoms with E-state index in [0.29, 0.717) is 18.7 Å². The van der Waals surface area contributed by atoms with E-state index in [1.54, 1.807) is 17.0 Å². The number of carbonyl (C=O) groups is 1. The van der Waals surface area contributed by atoms with Crippen molar-refractivity contribution in [1.29, 1.82) is 0 Å². The van der Waals surface area contributed by atoms with Gasteiger partial charge in [-0.2, -0.15) is 13.2 Å². The van der Waals surface area contributed by atoms with Gasteiger partial charge in [-0.3, -0.25) is 9.78 Å². The van der Waals surface area contributed by atoms with Crippen molar-refractivity contribution < 1.29 is 18.0 Å². The predicted molar refractivity (Wildman–Crippen MR) is 89.3 cm³/mol. The highest BCUT2D eigenvalue weighted by Gasteiger charge is 2.35. The lowest BCUT2D eigenvalue weighted by molar-refractivity contribution is -0.141. The summed E-state index contributed by atoms with van der Waals surface area (Å²) in [5.74, 6) is 0.0426. The van der Waals surface area contributed by atoms with Crippen molar-refractivity contribution in [3.05, 3.63) is 36.3 Å². The van der Waals surface area contributed by atoms with Crippen LogP contribution in [0.25, 0.3) is 11.4 Å². The number of piperidine rings is 1. The first-order valence-corrected chi connectivity index (χ1v) is 8.21. The van der Waals surface area contributed by atoms with Crippen molar-refractivity contribution >= 4 is 11.7 Å². The molecule has 1 N–H and O–H groups in total. The number of aromatic nitrogens is 3. The zero-order valence-electron chi connectivity index (χ0n) is 14.1. The molecule has 0 radical (unpaired) electrons. The summed E-state index contributed by atoms with van der Waals surface area (Å²) in [4.78, 5) is 24.9. The van der Waals surface area contributed by atoms with Crippen molar-refractivity contribution in [2.45, 2.75) is 32.0 Å². The van der Waals surface area contributed by atoms with E-state index in [1.807, 2.05) is 0 Å². The molecule has 1 aliphatic rings. The van der Waals surface area contributed by atoms with E-state index < -0.39 is 11.9 Å². The van der Waals surface area contributed by atoms with Gasteiger partial charge in [-0.1, -0.05) is 0 Å². The molecule has 1 saturated heterocycles. The lowest BCUT2D eigenvalue weighted by atomic mass is 10.1. The molecule has 3 heterocycles. The number of nitrogens with one attached hydrogen (secondary N) is 1. The standard InChI is InChI=1S/C17H18F3N5O/c1-11(26)22-13-3-2-8-25(10-13)15-9-14(17(18,19)20)23-16(24-15)12-4-6-21-7-5-12/h4-7,9,13H,2-3,8,10H2,1H3,(H,22,26). The number of pyridine rings is 1. The first-order valence-electron chi connectivity index (χ1n) is 8.21. The molecule has 1 atom stereocenters. The van der Waals surface area contributed by atoms with Crippen LogP contribution >= 0.6 is 0 Å². The Labute approximate surface area is 148 Å². The Balaban J connectivity index is 1.96. The van der Waals surface area contributed by atoms with Gasteiger partial charge in [-0.25, -0.2) is 9.97 Å². The first kappa shape index (κ1) is 18.1. The first-order chi connectivity index (χ1) is 12.3. The molecule has 9 heteroatoms. The third kappa shape index (κ3) is 4.27. The number of halogens is 3. The maximum atomic E-state index is 13.3. The second-order valence-corrected chi connectivity index (χ2v) is 6.15. The van der Waals surface area contributed by atoms with Gasteiger partial charge in [0.2, 0.25) is 5.91 Å². The van der Waals surface area contributed by atoms with Gasteiger partial charge in [0.05, 0.1) is 0 Å². The summed E-state index contributed by atoms with van der Waals surface area (Å²) in [6.45, 7) is 2.40. The summed E-state index contributed by atoms with van der Waals surface area (Å²) in [6, 6.07) is 3.97. The van der Waals surface area contributed by atoms with E-state index in [-0.39, 0.29) is 23.6 Å². The Kier molecular flexibility index (Phi) is 5.06. The molecular formula is C17H18F3N5O. The summed E-state index contributed by atoms with van der Waals surface area (Å²) in [6.07, 6.45) is -0.0869. The Hall–Kier alpha value is -2.71. The van der Waals surface area contributed by atoms with Crippen molar-refractivity contribution in [2.24, 2.45) is 0 Å². The molecule has 3 rings (SSSR count). The highest BCUT2D eigenvalue weighted by atomic mass is 19.4. The average molecular weight is 365 g/mol. The molecule has 0 spiro atoms. The van der Waals surface area contributed by atoms with Crippen LogP contribution in [0.15, 0.2) is 30.6 Å². The molecule has 1 aliphatic heterocycles. The van der Waals surface area contributed by atoms with E-state index in [0.717, 1.165) is 18.9 Å². The molecule has 1 unspecified atom stereocenters. The lowest BCUT2D eigenvalue weighted by Gasteiger charge is -2.34. The number of anilines is 1. The van der Waals surface area contributed by atoms with Crippen LogP contribution < -0.4 is 10.2 Å². The lowest BCUT2D eigenvalue weighted by Crippen LogP contribution is -2.47. The molecule has 0 aliphatic carbocycles. The molecule has 0 aromatic carbocycles. The number of hydrogen-bond donors (Lipinski definition) is 1. The summed E-state index contributed by atoms with van der Waals surface area (Å²) >= 11 is 0. The molecule has 0 bridgehead atoms. The summed E-state index contributed by atoms with van der Waals surface area (Å²) < 4.78 is 39.9. The van der Waals surface area contributed by atoms with Crippen molar-refractivity contribution in [3.8, 4) is 11.4 Å². The zero-order chi connectivity index (χ0) is 18.7. The number of carbonyl (C=O) groups excluding carboxylic acids is 1. The number of nitrogens with zero attached hydrogens (tertiary/aromatic N) is 4. The maximum absolute atomic E-state index is 13.3. The Morgan fingerprint density at radius 3 is 2.65 bits per heavy atom. The maximum Gasteiger partial charge on any atom is 0.433 e. The molecule has 1 fully saturated rings. The number of alkyl halides is 3. The normalized spacial score (nSPS) is 17.8. The van der Waals surface area contributed by atoms with Gasteiger partial charge in [-0.05, 0) is 25.0 Å². The van der Waals surface area contributed by atoms with E-state index in [2.05, 4.69) is 20.3 Å². The average Bonchev–Trinajstić information content (AvgIpc) is 2.61. The highest BCUT2D eigenvalue weighted by molar-refractivity contribution is 5.73. The van der Waals surface area contributed by atoms with Gasteiger partial charge < -0.3 is 10.2 Å². The fraction of sp³-hybridized carbons (Fsp3) is 0.412. The number of hydrogen-bond acceptors (Lipinski definition) is 5. The number of rotatable bonds is 3. The quantitative estimate of drug-likeness (QED) is 0.906. The molecule has 26 heavy (non-hydrogen) atoms. The smallest absolute Gasteiger partial charge is 0.354 e. The molecule has 1 amide bonds. The third-order valence-corrected chi connectivity index (χ3v) is 4.09. The van der Waals surface area contributed by atoms with Crippen LogP contribution in [0.2, 0.25) is 0 Å². The topological polar surface area (TPSA) is 71.0 Å². The van der Waals surface area contributed by atoms with Crippen molar-refractivity contribution in [2.75, 3.05) is 18.0 Å². The van der Waals surface area contributed by atoms with Crippen LogP contribution in [0.4, 0.5) is 19.0 Å². The minimum absolute atomic E-state index is 0.00104. The Morgan fingerprint density at radius 2 is 2.00 bits per heavy atom. The molecule has 2 aromatic rings. The van der Waals surface area contributed by atoms with Gasteiger partial charge >= 0.3 is 6.18 Å². The SMILES string of the molecule is CC(=O)NC1CCCN(c2cc(C(F)(F)F)nc(-c3ccncc3)n2)C1. The highest BCUT2D eigenvalue weighted by Crippen LogP contribution is 2.32. The molecule has 0 saturated carbocycles. The Morgan fingerprint density at radius 1 is 1.27 bits per heavy atom. The van der Waals surface area contributed by atoms with E-state index in [9.17, 15) is 18.0 Å². The fourth-order valence-electron chi connectivity index (χ4n) is 2.96. The Bertz CT molecular complexity index is 782. The summed E-state index contributed by atoms with van der Waals surface area (Å²) in [5, 5.41) is 2.82. The van der Waals surface area contributed by atoms with E-state index >= 15 is 0 Å². The molecular weight excluding hydrogens is 347 g/mol. The van der Waals surface area contributed by atoms with Crippen LogP contribution in [-0.4, -0.2) is 40.0 Å². The van der Waals surface area contributed by atoms with Crippen molar-refractivity contribution in [1.82, 2.24) is 20.3 Å².